The molecule has 0 radical (unpaired) electrons. The Morgan fingerprint density at radius 3 is 1.71 bits per heavy atom. The molecule has 1 atom stereocenters. The molecule has 0 aromatic carbocycles. The summed E-state index contributed by atoms with van der Waals surface area (Å²) < 4.78 is 14.5. The third-order valence-electron chi connectivity index (χ3n) is 2.69. The Morgan fingerprint density at radius 1 is 0.882 bits per heavy atom. The minimum Gasteiger partial charge on any atom is -0.566 e. The van der Waals surface area contributed by atoms with Crippen molar-refractivity contribution in [2.45, 2.75) is 71.1 Å². The zero-order valence-electron chi connectivity index (χ0n) is 11.5. The molecule has 0 spiro atoms. The van der Waals surface area contributed by atoms with E-state index in [-0.39, 0.29) is 29.6 Å². The van der Waals surface area contributed by atoms with Gasteiger partial charge in [0.25, 0.3) is 0 Å². The zero-order valence-corrected chi connectivity index (χ0v) is 14.3. The van der Waals surface area contributed by atoms with Gasteiger partial charge in [0, 0.05) is 0 Å². The van der Waals surface area contributed by atoms with Crippen LogP contribution in [0.4, 0.5) is 0 Å². The maximum absolute atomic E-state index is 10.1. The SMILES string of the molecule is CCCCCCCCCCCCO[P+](=O)[O-].[Na+]. The van der Waals surface area contributed by atoms with Gasteiger partial charge in [-0.1, -0.05) is 64.7 Å². The molecular formula is C12H25NaO3P+. The average Bonchev–Trinajstić information content (AvgIpc) is 2.25. The summed E-state index contributed by atoms with van der Waals surface area (Å²) in [5.74, 6) is 0. The van der Waals surface area contributed by atoms with Crippen LogP contribution in [0, 0.1) is 0 Å². The monoisotopic (exact) mass is 271 g/mol. The maximum atomic E-state index is 10.1. The van der Waals surface area contributed by atoms with Crippen molar-refractivity contribution in [1.29, 1.82) is 0 Å². The fraction of sp³-hybridized carbons (Fsp3) is 1.00. The van der Waals surface area contributed by atoms with E-state index in [2.05, 4.69) is 11.4 Å². The van der Waals surface area contributed by atoms with Crippen LogP contribution in [0.1, 0.15) is 71.1 Å². The van der Waals surface area contributed by atoms with E-state index in [1.807, 2.05) is 0 Å². The van der Waals surface area contributed by atoms with Gasteiger partial charge in [0.1, 0.15) is 6.61 Å². The maximum Gasteiger partial charge on any atom is 1.00 e. The molecule has 0 aromatic rings. The predicted octanol–water partition coefficient (Wildman–Crippen LogP) is 0.946. The van der Waals surface area contributed by atoms with Crippen molar-refractivity contribution in [2.24, 2.45) is 0 Å². The normalized spacial score (nSPS) is 11.1. The van der Waals surface area contributed by atoms with E-state index >= 15 is 0 Å². The molecule has 0 heterocycles. The van der Waals surface area contributed by atoms with Gasteiger partial charge >= 0.3 is 37.8 Å². The second kappa shape index (κ2) is 17.0. The van der Waals surface area contributed by atoms with Crippen molar-refractivity contribution < 1.29 is 43.5 Å². The Balaban J connectivity index is 0. The molecule has 0 aliphatic heterocycles. The second-order valence-electron chi connectivity index (χ2n) is 4.24. The summed E-state index contributed by atoms with van der Waals surface area (Å²) in [4.78, 5) is 10.1. The molecule has 0 fully saturated rings. The van der Waals surface area contributed by atoms with Crippen LogP contribution < -0.4 is 34.5 Å². The number of hydrogen-bond acceptors (Lipinski definition) is 3. The van der Waals surface area contributed by atoms with Crippen LogP contribution in [0.25, 0.3) is 0 Å². The summed E-state index contributed by atoms with van der Waals surface area (Å²) >= 11 is 0. The van der Waals surface area contributed by atoms with Crippen LogP contribution in [0.2, 0.25) is 0 Å². The van der Waals surface area contributed by atoms with Gasteiger partial charge in [-0.05, 0) is 11.0 Å². The van der Waals surface area contributed by atoms with Gasteiger partial charge in [-0.3, -0.25) is 0 Å². The molecule has 0 amide bonds. The zero-order chi connectivity index (χ0) is 12.1. The fourth-order valence-electron chi connectivity index (χ4n) is 1.73. The van der Waals surface area contributed by atoms with Gasteiger partial charge in [0.2, 0.25) is 0 Å². The minimum atomic E-state index is -2.64. The van der Waals surface area contributed by atoms with Crippen LogP contribution in [0.3, 0.4) is 0 Å². The average molecular weight is 271 g/mol. The molecule has 0 saturated carbocycles. The summed E-state index contributed by atoms with van der Waals surface area (Å²) in [5, 5.41) is 0. The molecule has 17 heavy (non-hydrogen) atoms. The van der Waals surface area contributed by atoms with Crippen LogP contribution >= 0.6 is 8.25 Å². The molecule has 0 bridgehead atoms. The topological polar surface area (TPSA) is 49.4 Å². The molecular weight excluding hydrogens is 246 g/mol. The van der Waals surface area contributed by atoms with Gasteiger partial charge in [0.05, 0.1) is 0 Å². The van der Waals surface area contributed by atoms with Gasteiger partial charge in [-0.15, -0.1) is 4.52 Å². The first-order chi connectivity index (χ1) is 7.77. The predicted molar refractivity (Wildman–Crippen MR) is 65.4 cm³/mol. The molecule has 96 valence electrons. The Morgan fingerprint density at radius 2 is 1.29 bits per heavy atom. The largest absolute Gasteiger partial charge is 1.00 e. The Bertz CT molecular complexity index is 168. The second-order valence-corrected chi connectivity index (χ2v) is 4.94. The summed E-state index contributed by atoms with van der Waals surface area (Å²) in [5.41, 5.74) is 0. The van der Waals surface area contributed by atoms with Crippen molar-refractivity contribution >= 4 is 8.25 Å². The van der Waals surface area contributed by atoms with E-state index in [4.69, 9.17) is 0 Å². The third-order valence-corrected chi connectivity index (χ3v) is 3.09. The Kier molecular flexibility index (Phi) is 20.4. The smallest absolute Gasteiger partial charge is 0.566 e. The van der Waals surface area contributed by atoms with Crippen molar-refractivity contribution in [3.63, 3.8) is 0 Å². The van der Waals surface area contributed by atoms with E-state index in [9.17, 15) is 9.46 Å². The third kappa shape index (κ3) is 19.5. The molecule has 0 saturated heterocycles. The first-order valence-electron chi connectivity index (χ1n) is 6.54. The summed E-state index contributed by atoms with van der Waals surface area (Å²) in [6.45, 7) is 2.59. The van der Waals surface area contributed by atoms with Crippen LogP contribution in [-0.4, -0.2) is 6.61 Å². The molecule has 0 N–H and O–H groups in total. The molecule has 0 aliphatic carbocycles. The quantitative estimate of drug-likeness (QED) is 0.301. The summed E-state index contributed by atoms with van der Waals surface area (Å²) in [7, 11) is -2.64. The minimum absolute atomic E-state index is 0. The van der Waals surface area contributed by atoms with Crippen molar-refractivity contribution in [3.8, 4) is 0 Å². The van der Waals surface area contributed by atoms with Crippen LogP contribution in [0.15, 0.2) is 0 Å². The molecule has 0 aromatic heterocycles. The van der Waals surface area contributed by atoms with Gasteiger partial charge in [-0.2, -0.15) is 0 Å². The van der Waals surface area contributed by atoms with Crippen molar-refractivity contribution in [1.82, 2.24) is 0 Å². The molecule has 3 nitrogen and oxygen atoms in total. The molecule has 5 heteroatoms. The summed E-state index contributed by atoms with van der Waals surface area (Å²) in [6, 6.07) is 0. The standard InChI is InChI=1S/C12H25O3P.Na/c1-2-3-4-5-6-7-8-9-10-11-12-15-16(13)14;/h2-12H2,1H3;/q;+1. The number of rotatable bonds is 12. The Labute approximate surface area is 129 Å². The van der Waals surface area contributed by atoms with E-state index in [0.29, 0.717) is 6.61 Å². The van der Waals surface area contributed by atoms with Gasteiger partial charge in [-0.25, -0.2) is 0 Å². The first kappa shape index (κ1) is 20.3. The van der Waals surface area contributed by atoms with Crippen molar-refractivity contribution in [3.05, 3.63) is 0 Å². The van der Waals surface area contributed by atoms with E-state index in [1.165, 1.54) is 51.4 Å². The van der Waals surface area contributed by atoms with Crippen LogP contribution in [0.5, 0.6) is 0 Å². The fourth-order valence-corrected chi connectivity index (χ4v) is 2.01. The van der Waals surface area contributed by atoms with Gasteiger partial charge in [0.15, 0.2) is 0 Å². The van der Waals surface area contributed by atoms with E-state index < -0.39 is 8.25 Å². The van der Waals surface area contributed by atoms with Crippen molar-refractivity contribution in [2.75, 3.05) is 6.61 Å². The van der Waals surface area contributed by atoms with Gasteiger partial charge < -0.3 is 4.89 Å². The molecule has 1 unspecified atom stereocenters. The molecule has 0 rings (SSSR count). The number of hydrogen-bond donors (Lipinski definition) is 0. The Hall–Kier alpha value is 1.02. The van der Waals surface area contributed by atoms with E-state index in [1.54, 1.807) is 0 Å². The summed E-state index contributed by atoms with van der Waals surface area (Å²) in [6.07, 6.45) is 12.5. The first-order valence-corrected chi connectivity index (χ1v) is 7.64. The van der Waals surface area contributed by atoms with E-state index in [0.717, 1.165) is 12.8 Å². The van der Waals surface area contributed by atoms with Crippen LogP contribution in [-0.2, 0) is 9.09 Å². The number of unbranched alkanes of at least 4 members (excludes halogenated alkanes) is 9. The molecule has 0 aliphatic rings.